The summed E-state index contributed by atoms with van der Waals surface area (Å²) in [7, 11) is 0. The van der Waals surface area contributed by atoms with Gasteiger partial charge in [-0.2, -0.15) is 0 Å². The van der Waals surface area contributed by atoms with E-state index in [4.69, 9.17) is 5.11 Å². The molecular formula is C8H14N2O3. The number of carboxylic acids is 1. The van der Waals surface area contributed by atoms with Crippen molar-refractivity contribution in [2.45, 2.75) is 32.4 Å². The van der Waals surface area contributed by atoms with Gasteiger partial charge in [-0.15, -0.1) is 0 Å². The molecule has 0 saturated heterocycles. The lowest BCUT2D eigenvalue weighted by Gasteiger charge is -2.09. The number of carbonyl (C=O) groups excluding carboxylic acids is 1. The molecule has 0 aromatic heterocycles. The Kier molecular flexibility index (Phi) is 2.75. The molecule has 1 rings (SSSR count). The Morgan fingerprint density at radius 2 is 2.08 bits per heavy atom. The van der Waals surface area contributed by atoms with Gasteiger partial charge in [-0.3, -0.25) is 4.79 Å². The minimum atomic E-state index is -1.03. The molecule has 3 N–H and O–H groups in total. The Hall–Kier alpha value is -1.26. The molecule has 74 valence electrons. The van der Waals surface area contributed by atoms with Gasteiger partial charge < -0.3 is 15.7 Å². The Balaban J connectivity index is 2.21. The van der Waals surface area contributed by atoms with Gasteiger partial charge in [0.15, 0.2) is 0 Å². The first-order valence-electron chi connectivity index (χ1n) is 4.30. The number of amides is 2. The smallest absolute Gasteiger partial charge is 0.325 e. The third-order valence-electron chi connectivity index (χ3n) is 2.14. The van der Waals surface area contributed by atoms with Crippen molar-refractivity contribution < 1.29 is 14.7 Å². The minimum Gasteiger partial charge on any atom is -0.480 e. The van der Waals surface area contributed by atoms with Crippen LogP contribution in [0.5, 0.6) is 0 Å². The largest absolute Gasteiger partial charge is 0.480 e. The number of carboxylic acid groups (broad SMARTS) is 1. The van der Waals surface area contributed by atoms with Crippen LogP contribution < -0.4 is 10.6 Å². The van der Waals surface area contributed by atoms with E-state index < -0.39 is 18.0 Å². The van der Waals surface area contributed by atoms with Gasteiger partial charge in [0.1, 0.15) is 6.04 Å². The van der Waals surface area contributed by atoms with Gasteiger partial charge in [0.05, 0.1) is 0 Å². The Morgan fingerprint density at radius 3 is 2.46 bits per heavy atom. The first kappa shape index (κ1) is 9.83. The molecule has 1 aliphatic carbocycles. The van der Waals surface area contributed by atoms with Crippen LogP contribution in [-0.4, -0.2) is 29.2 Å². The van der Waals surface area contributed by atoms with Crippen molar-refractivity contribution >= 4 is 12.0 Å². The van der Waals surface area contributed by atoms with Crippen LogP contribution in [0.3, 0.4) is 0 Å². The number of carbonyl (C=O) groups is 2. The molecule has 13 heavy (non-hydrogen) atoms. The second-order valence-electron chi connectivity index (χ2n) is 3.50. The van der Waals surface area contributed by atoms with Gasteiger partial charge in [0, 0.05) is 6.04 Å². The zero-order chi connectivity index (χ0) is 10.0. The molecule has 0 bridgehead atoms. The number of aliphatic carboxylic acids is 1. The third-order valence-corrected chi connectivity index (χ3v) is 2.14. The highest BCUT2D eigenvalue weighted by molar-refractivity contribution is 5.82. The maximum Gasteiger partial charge on any atom is 0.325 e. The highest BCUT2D eigenvalue weighted by Gasteiger charge is 2.34. The van der Waals surface area contributed by atoms with Crippen molar-refractivity contribution in [3.05, 3.63) is 0 Å². The molecule has 0 aromatic rings. The van der Waals surface area contributed by atoms with Gasteiger partial charge in [0.2, 0.25) is 0 Å². The SMILES string of the molecule is CC(NC(=O)NC1CC1C)C(=O)O. The number of hydrogen-bond donors (Lipinski definition) is 3. The van der Waals surface area contributed by atoms with Gasteiger partial charge in [-0.25, -0.2) is 4.79 Å². The summed E-state index contributed by atoms with van der Waals surface area (Å²) >= 11 is 0. The number of hydrogen-bond acceptors (Lipinski definition) is 2. The number of urea groups is 1. The van der Waals surface area contributed by atoms with Crippen molar-refractivity contribution in [3.8, 4) is 0 Å². The Bertz CT molecular complexity index is 229. The molecule has 0 radical (unpaired) electrons. The molecule has 3 unspecified atom stereocenters. The van der Waals surface area contributed by atoms with E-state index in [0.29, 0.717) is 5.92 Å². The molecule has 0 aromatic carbocycles. The summed E-state index contributed by atoms with van der Waals surface area (Å²) < 4.78 is 0. The lowest BCUT2D eigenvalue weighted by molar-refractivity contribution is -0.138. The van der Waals surface area contributed by atoms with Gasteiger partial charge in [-0.05, 0) is 19.3 Å². The van der Waals surface area contributed by atoms with E-state index in [0.717, 1.165) is 6.42 Å². The fourth-order valence-corrected chi connectivity index (χ4v) is 0.992. The number of rotatable bonds is 3. The molecule has 0 aliphatic heterocycles. The van der Waals surface area contributed by atoms with Crippen molar-refractivity contribution in [1.82, 2.24) is 10.6 Å². The van der Waals surface area contributed by atoms with E-state index in [2.05, 4.69) is 10.6 Å². The molecule has 1 saturated carbocycles. The van der Waals surface area contributed by atoms with E-state index in [-0.39, 0.29) is 6.04 Å². The monoisotopic (exact) mass is 186 g/mol. The summed E-state index contributed by atoms with van der Waals surface area (Å²) in [6, 6.07) is -1.01. The zero-order valence-corrected chi connectivity index (χ0v) is 7.70. The average molecular weight is 186 g/mol. The molecular weight excluding hydrogens is 172 g/mol. The average Bonchev–Trinajstić information content (AvgIpc) is 2.65. The lowest BCUT2D eigenvalue weighted by atomic mass is 10.3. The van der Waals surface area contributed by atoms with E-state index in [9.17, 15) is 9.59 Å². The molecule has 1 aliphatic rings. The quantitative estimate of drug-likeness (QED) is 0.587. The van der Waals surface area contributed by atoms with E-state index in [1.807, 2.05) is 6.92 Å². The standard InChI is InChI=1S/C8H14N2O3/c1-4-3-6(4)10-8(13)9-5(2)7(11)12/h4-6H,3H2,1-2H3,(H,11,12)(H2,9,10,13). The fraction of sp³-hybridized carbons (Fsp3) is 0.750. The first-order valence-corrected chi connectivity index (χ1v) is 4.30. The van der Waals surface area contributed by atoms with E-state index in [1.165, 1.54) is 6.92 Å². The van der Waals surface area contributed by atoms with Crippen molar-refractivity contribution in [1.29, 1.82) is 0 Å². The van der Waals surface area contributed by atoms with Gasteiger partial charge in [-0.1, -0.05) is 6.92 Å². The summed E-state index contributed by atoms with van der Waals surface area (Å²) in [5.41, 5.74) is 0. The van der Waals surface area contributed by atoms with E-state index >= 15 is 0 Å². The summed E-state index contributed by atoms with van der Waals surface area (Å²) in [5, 5.41) is 13.5. The molecule has 1 fully saturated rings. The van der Waals surface area contributed by atoms with Crippen LogP contribution >= 0.6 is 0 Å². The summed E-state index contributed by atoms with van der Waals surface area (Å²) in [6.07, 6.45) is 0.981. The van der Waals surface area contributed by atoms with Crippen molar-refractivity contribution in [2.75, 3.05) is 0 Å². The maximum absolute atomic E-state index is 11.1. The highest BCUT2D eigenvalue weighted by atomic mass is 16.4. The second-order valence-corrected chi connectivity index (χ2v) is 3.50. The zero-order valence-electron chi connectivity index (χ0n) is 7.70. The summed E-state index contributed by atoms with van der Waals surface area (Å²) in [6.45, 7) is 3.46. The maximum atomic E-state index is 11.1. The van der Waals surface area contributed by atoms with E-state index in [1.54, 1.807) is 0 Å². The summed E-state index contributed by atoms with van der Waals surface area (Å²) in [5.74, 6) is -0.509. The van der Waals surface area contributed by atoms with Crippen LogP contribution in [0.2, 0.25) is 0 Å². The molecule has 3 atom stereocenters. The molecule has 5 nitrogen and oxygen atoms in total. The third kappa shape index (κ3) is 2.93. The first-order chi connectivity index (χ1) is 6.00. The molecule has 2 amide bonds. The Labute approximate surface area is 76.5 Å². The summed E-state index contributed by atoms with van der Waals surface area (Å²) in [4.78, 5) is 21.4. The van der Waals surface area contributed by atoms with Gasteiger partial charge >= 0.3 is 12.0 Å². The van der Waals surface area contributed by atoms with Crippen LogP contribution in [0.1, 0.15) is 20.3 Å². The Morgan fingerprint density at radius 1 is 1.54 bits per heavy atom. The van der Waals surface area contributed by atoms with Crippen LogP contribution in [0.25, 0.3) is 0 Å². The lowest BCUT2D eigenvalue weighted by Crippen LogP contribution is -2.45. The van der Waals surface area contributed by atoms with Crippen LogP contribution in [0.4, 0.5) is 4.79 Å². The normalized spacial score (nSPS) is 27.5. The predicted octanol–water partition coefficient (Wildman–Crippen LogP) is 0.167. The van der Waals surface area contributed by atoms with Crippen LogP contribution in [0, 0.1) is 5.92 Å². The van der Waals surface area contributed by atoms with Crippen molar-refractivity contribution in [2.24, 2.45) is 5.92 Å². The topological polar surface area (TPSA) is 78.4 Å². The van der Waals surface area contributed by atoms with Gasteiger partial charge in [0.25, 0.3) is 0 Å². The fourth-order valence-electron chi connectivity index (χ4n) is 0.992. The van der Waals surface area contributed by atoms with Crippen LogP contribution in [-0.2, 0) is 4.79 Å². The predicted molar refractivity (Wildman–Crippen MR) is 46.3 cm³/mol. The second kappa shape index (κ2) is 3.64. The number of nitrogens with one attached hydrogen (secondary N) is 2. The molecule has 0 spiro atoms. The van der Waals surface area contributed by atoms with Crippen LogP contribution in [0.15, 0.2) is 0 Å². The molecule has 0 heterocycles. The highest BCUT2D eigenvalue weighted by Crippen LogP contribution is 2.28. The van der Waals surface area contributed by atoms with Crippen molar-refractivity contribution in [3.63, 3.8) is 0 Å². The molecule has 5 heteroatoms. The minimum absolute atomic E-state index is 0.223.